The fraction of sp³-hybridized carbons (Fsp3) is 0.333. The lowest BCUT2D eigenvalue weighted by Gasteiger charge is -2.18. The molecule has 0 unspecified atom stereocenters. The summed E-state index contributed by atoms with van der Waals surface area (Å²) in [6.07, 6.45) is 0. The minimum Gasteiger partial charge on any atom is -0.414 e. The molecule has 0 saturated heterocycles. The van der Waals surface area contributed by atoms with Crippen molar-refractivity contribution in [1.29, 1.82) is 0 Å². The Bertz CT molecular complexity index is 312. The van der Waals surface area contributed by atoms with Crippen molar-refractivity contribution in [2.24, 2.45) is 0 Å². The van der Waals surface area contributed by atoms with Gasteiger partial charge >= 0.3 is 8.60 Å². The molecule has 5 heteroatoms. The Morgan fingerprint density at radius 2 is 1.57 bits per heavy atom. The highest BCUT2D eigenvalue weighted by Crippen LogP contribution is 2.53. The van der Waals surface area contributed by atoms with Gasteiger partial charge in [0, 0.05) is 0 Å². The van der Waals surface area contributed by atoms with Gasteiger partial charge in [-0.25, -0.2) is 0 Å². The zero-order chi connectivity index (χ0) is 10.2. The van der Waals surface area contributed by atoms with Crippen LogP contribution in [0.1, 0.15) is 0 Å². The van der Waals surface area contributed by atoms with Crippen molar-refractivity contribution in [3.8, 4) is 11.5 Å². The molecule has 0 aromatic heterocycles. The van der Waals surface area contributed by atoms with Gasteiger partial charge in [-0.2, -0.15) is 0 Å². The van der Waals surface area contributed by atoms with E-state index in [0.29, 0.717) is 0 Å². The van der Waals surface area contributed by atoms with Crippen LogP contribution in [0.3, 0.4) is 0 Å². The number of hydrogen-bond donors (Lipinski definition) is 0. The van der Waals surface area contributed by atoms with Crippen LogP contribution in [0.4, 0.5) is 0 Å². The predicted octanol–water partition coefficient (Wildman–Crippen LogP) is 3.54. The first kappa shape index (κ1) is 9.96. The van der Waals surface area contributed by atoms with Gasteiger partial charge < -0.3 is 13.3 Å². The van der Waals surface area contributed by atoms with Gasteiger partial charge in [0.05, 0.1) is 0 Å². The Balaban J connectivity index is 2.05. The van der Waals surface area contributed by atoms with Crippen LogP contribution < -0.4 is 9.05 Å². The molecule has 0 amide bonds. The molecule has 1 aliphatic heterocycles. The molecule has 0 atom stereocenters. The average molecular weight is 228 g/mol. The normalized spacial score (nSPS) is 15.9. The number of rotatable bonds is 2. The van der Waals surface area contributed by atoms with Crippen LogP contribution in [0, 0.1) is 0 Å². The molecule has 2 rings (SSSR count). The van der Waals surface area contributed by atoms with Crippen LogP contribution in [0.15, 0.2) is 24.3 Å². The zero-order valence-corrected chi connectivity index (χ0v) is 10.4. The summed E-state index contributed by atoms with van der Waals surface area (Å²) in [5, 5.41) is 0. The summed E-state index contributed by atoms with van der Waals surface area (Å²) in [6.45, 7) is 6.35. The molecule has 0 N–H and O–H groups in total. The van der Waals surface area contributed by atoms with Crippen molar-refractivity contribution in [3.63, 3.8) is 0 Å². The summed E-state index contributed by atoms with van der Waals surface area (Å²) in [7, 11) is -2.78. The summed E-state index contributed by atoms with van der Waals surface area (Å²) in [5.41, 5.74) is 0. The van der Waals surface area contributed by atoms with Crippen LogP contribution in [0.2, 0.25) is 19.6 Å². The molecule has 0 fully saturated rings. The molecular formula is C9H13O3PSi. The van der Waals surface area contributed by atoms with Crippen LogP contribution in [-0.2, 0) is 4.21 Å². The van der Waals surface area contributed by atoms with E-state index < -0.39 is 16.9 Å². The van der Waals surface area contributed by atoms with Gasteiger partial charge in [-0.05, 0) is 31.8 Å². The second kappa shape index (κ2) is 3.53. The molecule has 0 radical (unpaired) electrons. The number of para-hydroxylation sites is 2. The van der Waals surface area contributed by atoms with E-state index in [0.717, 1.165) is 11.5 Å². The van der Waals surface area contributed by atoms with E-state index in [2.05, 4.69) is 19.6 Å². The van der Waals surface area contributed by atoms with Crippen molar-refractivity contribution in [2.75, 3.05) is 0 Å². The minimum absolute atomic E-state index is 0.789. The van der Waals surface area contributed by atoms with Crippen LogP contribution >= 0.6 is 8.60 Å². The standard InChI is InChI=1S/C9H13O3PSi/c1-14(2,3)12-13-10-8-6-4-5-7-9(8)11-13/h4-7H,1-3H3. The molecule has 14 heavy (non-hydrogen) atoms. The second-order valence-electron chi connectivity index (χ2n) is 4.06. The lowest BCUT2D eigenvalue weighted by Crippen LogP contribution is -2.23. The molecule has 0 aliphatic carbocycles. The molecule has 0 saturated carbocycles. The summed E-state index contributed by atoms with van der Waals surface area (Å²) in [4.78, 5) is 0. The molecule has 1 aromatic carbocycles. The molecule has 1 aromatic rings. The molecular weight excluding hydrogens is 215 g/mol. The maximum atomic E-state index is 5.74. The highest BCUT2D eigenvalue weighted by molar-refractivity contribution is 7.45. The Morgan fingerprint density at radius 3 is 2.00 bits per heavy atom. The molecule has 0 spiro atoms. The number of hydrogen-bond acceptors (Lipinski definition) is 3. The van der Waals surface area contributed by atoms with Crippen LogP contribution in [0.5, 0.6) is 11.5 Å². The van der Waals surface area contributed by atoms with Crippen molar-refractivity contribution in [3.05, 3.63) is 24.3 Å². The number of benzene rings is 1. The zero-order valence-electron chi connectivity index (χ0n) is 8.48. The fourth-order valence-corrected chi connectivity index (χ4v) is 3.79. The van der Waals surface area contributed by atoms with Crippen molar-refractivity contribution < 1.29 is 13.3 Å². The lowest BCUT2D eigenvalue weighted by molar-refractivity contribution is 0.434. The molecule has 1 heterocycles. The Labute approximate surface area is 86.1 Å². The van der Waals surface area contributed by atoms with Crippen molar-refractivity contribution in [1.82, 2.24) is 0 Å². The van der Waals surface area contributed by atoms with Crippen molar-refractivity contribution in [2.45, 2.75) is 19.6 Å². The van der Waals surface area contributed by atoms with Gasteiger partial charge in [0.25, 0.3) is 0 Å². The Kier molecular flexibility index (Phi) is 2.51. The molecule has 3 nitrogen and oxygen atoms in total. The summed E-state index contributed by atoms with van der Waals surface area (Å²) in [6, 6.07) is 7.64. The van der Waals surface area contributed by atoms with E-state index in [9.17, 15) is 0 Å². The second-order valence-corrected chi connectivity index (χ2v) is 9.82. The van der Waals surface area contributed by atoms with Crippen LogP contribution in [0.25, 0.3) is 0 Å². The summed E-state index contributed by atoms with van der Waals surface area (Å²) in [5.74, 6) is 1.58. The minimum atomic E-state index is -1.58. The van der Waals surface area contributed by atoms with E-state index in [1.165, 1.54) is 0 Å². The van der Waals surface area contributed by atoms with Gasteiger partial charge in [0.1, 0.15) is 0 Å². The third kappa shape index (κ3) is 2.26. The van der Waals surface area contributed by atoms with E-state index in [-0.39, 0.29) is 0 Å². The predicted molar refractivity (Wildman–Crippen MR) is 59.0 cm³/mol. The van der Waals surface area contributed by atoms with E-state index in [4.69, 9.17) is 13.3 Å². The third-order valence-corrected chi connectivity index (χ3v) is 5.02. The fourth-order valence-electron chi connectivity index (χ4n) is 1.04. The third-order valence-electron chi connectivity index (χ3n) is 1.54. The van der Waals surface area contributed by atoms with Gasteiger partial charge in [-0.3, -0.25) is 0 Å². The first-order chi connectivity index (χ1) is 6.54. The highest BCUT2D eigenvalue weighted by atomic mass is 31.2. The van der Waals surface area contributed by atoms with Gasteiger partial charge in [-0.1, -0.05) is 12.1 Å². The Hall–Kier alpha value is -0.573. The summed E-state index contributed by atoms with van der Waals surface area (Å²) >= 11 is 0. The average Bonchev–Trinajstić information content (AvgIpc) is 2.42. The number of fused-ring (bicyclic) bond motifs is 1. The van der Waals surface area contributed by atoms with E-state index >= 15 is 0 Å². The van der Waals surface area contributed by atoms with Crippen molar-refractivity contribution >= 4 is 16.9 Å². The van der Waals surface area contributed by atoms with Gasteiger partial charge in [-0.15, -0.1) is 0 Å². The molecule has 1 aliphatic rings. The topological polar surface area (TPSA) is 27.7 Å². The largest absolute Gasteiger partial charge is 0.452 e. The quantitative estimate of drug-likeness (QED) is 0.572. The molecule has 76 valence electrons. The summed E-state index contributed by atoms with van der Waals surface area (Å²) < 4.78 is 16.8. The van der Waals surface area contributed by atoms with E-state index in [1.807, 2.05) is 24.3 Å². The maximum Gasteiger partial charge on any atom is 0.452 e. The monoisotopic (exact) mass is 228 g/mol. The smallest absolute Gasteiger partial charge is 0.414 e. The van der Waals surface area contributed by atoms with Gasteiger partial charge in [0.15, 0.2) is 19.8 Å². The van der Waals surface area contributed by atoms with E-state index in [1.54, 1.807) is 0 Å². The first-order valence-electron chi connectivity index (χ1n) is 4.49. The molecule has 0 bridgehead atoms. The maximum absolute atomic E-state index is 5.74. The first-order valence-corrected chi connectivity index (χ1v) is 8.99. The SMILES string of the molecule is C[Si](C)(C)OP1Oc2ccccc2O1. The van der Waals surface area contributed by atoms with Gasteiger partial charge in [0.2, 0.25) is 0 Å². The lowest BCUT2D eigenvalue weighted by atomic mass is 10.3. The highest BCUT2D eigenvalue weighted by Gasteiger charge is 2.32. The Morgan fingerprint density at radius 1 is 1.07 bits per heavy atom. The van der Waals surface area contributed by atoms with Crippen LogP contribution in [-0.4, -0.2) is 8.32 Å².